The van der Waals surface area contributed by atoms with E-state index in [2.05, 4.69) is 12.1 Å². The fourth-order valence-corrected chi connectivity index (χ4v) is 3.21. The topological polar surface area (TPSA) is 26.3 Å². The van der Waals surface area contributed by atoms with Crippen molar-refractivity contribution in [2.24, 2.45) is 0 Å². The average Bonchev–Trinajstić information content (AvgIpc) is 2.56. The molecule has 21 heavy (non-hydrogen) atoms. The van der Waals surface area contributed by atoms with E-state index in [1.54, 1.807) is 0 Å². The van der Waals surface area contributed by atoms with E-state index in [1.165, 1.54) is 0 Å². The van der Waals surface area contributed by atoms with Gasteiger partial charge in [0, 0.05) is 18.8 Å². The van der Waals surface area contributed by atoms with Gasteiger partial charge in [-0.2, -0.15) is 0 Å². The molecule has 1 heterocycles. The van der Waals surface area contributed by atoms with Crippen LogP contribution in [-0.4, -0.2) is 19.0 Å². The number of carbonyl (C=O) groups excluding carboxylic acids is 1. The Balaban J connectivity index is 2.08. The predicted molar refractivity (Wildman–Crippen MR) is 83.7 cm³/mol. The fraction of sp³-hybridized carbons (Fsp3) is 0.316. The Bertz CT molecular complexity index is 625. The SMILES string of the molecule is Cc1ccccc1C(=O)C1(c2ccccc2)CCOCC1. The Morgan fingerprint density at radius 3 is 2.24 bits per heavy atom. The monoisotopic (exact) mass is 280 g/mol. The number of hydrogen-bond acceptors (Lipinski definition) is 2. The molecule has 1 saturated heterocycles. The molecule has 0 atom stereocenters. The molecule has 0 aliphatic carbocycles. The van der Waals surface area contributed by atoms with Crippen molar-refractivity contribution in [3.05, 3.63) is 71.3 Å². The Morgan fingerprint density at radius 2 is 1.57 bits per heavy atom. The molecule has 0 spiro atoms. The van der Waals surface area contributed by atoms with Crippen LogP contribution in [-0.2, 0) is 10.2 Å². The highest BCUT2D eigenvalue weighted by atomic mass is 16.5. The first-order chi connectivity index (χ1) is 10.2. The molecule has 0 unspecified atom stereocenters. The number of ether oxygens (including phenoxy) is 1. The Hall–Kier alpha value is -1.93. The molecule has 0 aromatic heterocycles. The van der Waals surface area contributed by atoms with E-state index in [0.717, 1.165) is 29.5 Å². The van der Waals surface area contributed by atoms with Gasteiger partial charge in [-0.05, 0) is 30.9 Å². The van der Waals surface area contributed by atoms with Crippen molar-refractivity contribution in [2.75, 3.05) is 13.2 Å². The first kappa shape index (κ1) is 14.0. The molecule has 0 saturated carbocycles. The summed E-state index contributed by atoms with van der Waals surface area (Å²) in [5.74, 6) is 0.232. The molecule has 0 bridgehead atoms. The van der Waals surface area contributed by atoms with Crippen LogP contribution in [0.4, 0.5) is 0 Å². The van der Waals surface area contributed by atoms with Gasteiger partial charge in [-0.3, -0.25) is 4.79 Å². The summed E-state index contributed by atoms with van der Waals surface area (Å²) in [5, 5.41) is 0. The van der Waals surface area contributed by atoms with Crippen molar-refractivity contribution < 1.29 is 9.53 Å². The zero-order valence-electron chi connectivity index (χ0n) is 12.3. The number of aryl methyl sites for hydroxylation is 1. The van der Waals surface area contributed by atoms with Crippen LogP contribution in [0.25, 0.3) is 0 Å². The smallest absolute Gasteiger partial charge is 0.173 e. The fourth-order valence-electron chi connectivity index (χ4n) is 3.21. The van der Waals surface area contributed by atoms with Crippen molar-refractivity contribution in [3.8, 4) is 0 Å². The predicted octanol–water partition coefficient (Wildman–Crippen LogP) is 3.93. The first-order valence-electron chi connectivity index (χ1n) is 7.48. The second-order valence-corrected chi connectivity index (χ2v) is 5.70. The summed E-state index contributed by atoms with van der Waals surface area (Å²) in [5.41, 5.74) is 2.56. The van der Waals surface area contributed by atoms with Crippen molar-refractivity contribution in [2.45, 2.75) is 25.2 Å². The average molecular weight is 280 g/mol. The van der Waals surface area contributed by atoms with E-state index in [9.17, 15) is 4.79 Å². The van der Waals surface area contributed by atoms with Gasteiger partial charge in [-0.1, -0.05) is 54.6 Å². The van der Waals surface area contributed by atoms with Gasteiger partial charge in [-0.15, -0.1) is 0 Å². The normalized spacial score (nSPS) is 17.4. The van der Waals surface area contributed by atoms with Gasteiger partial charge in [0.25, 0.3) is 0 Å². The Labute approximate surface area is 125 Å². The standard InChI is InChI=1S/C19H20O2/c1-15-7-5-6-10-17(15)18(20)19(11-13-21-14-12-19)16-8-3-2-4-9-16/h2-10H,11-14H2,1H3. The van der Waals surface area contributed by atoms with Gasteiger partial charge >= 0.3 is 0 Å². The van der Waals surface area contributed by atoms with Crippen LogP contribution in [0.15, 0.2) is 54.6 Å². The molecular formula is C19H20O2. The molecule has 1 aliphatic rings. The molecule has 0 N–H and O–H groups in total. The van der Waals surface area contributed by atoms with Crippen molar-refractivity contribution >= 4 is 5.78 Å². The minimum atomic E-state index is -0.439. The third-order valence-electron chi connectivity index (χ3n) is 4.50. The third-order valence-corrected chi connectivity index (χ3v) is 4.50. The number of benzene rings is 2. The summed E-state index contributed by atoms with van der Waals surface area (Å²) in [6, 6.07) is 18.0. The molecule has 108 valence electrons. The van der Waals surface area contributed by atoms with Gasteiger partial charge in [0.2, 0.25) is 0 Å². The second kappa shape index (κ2) is 5.82. The van der Waals surface area contributed by atoms with E-state index >= 15 is 0 Å². The van der Waals surface area contributed by atoms with Gasteiger partial charge in [0.15, 0.2) is 5.78 Å². The van der Waals surface area contributed by atoms with Crippen LogP contribution in [0.2, 0.25) is 0 Å². The third kappa shape index (κ3) is 2.52. The van der Waals surface area contributed by atoms with Gasteiger partial charge < -0.3 is 4.74 Å². The summed E-state index contributed by atoms with van der Waals surface area (Å²) >= 11 is 0. The molecule has 1 aliphatic heterocycles. The maximum absolute atomic E-state index is 13.3. The van der Waals surface area contributed by atoms with E-state index in [1.807, 2.05) is 49.4 Å². The summed E-state index contributed by atoms with van der Waals surface area (Å²) in [6.45, 7) is 3.30. The van der Waals surface area contributed by atoms with Crippen LogP contribution < -0.4 is 0 Å². The first-order valence-corrected chi connectivity index (χ1v) is 7.48. The molecular weight excluding hydrogens is 260 g/mol. The molecule has 0 radical (unpaired) electrons. The molecule has 0 amide bonds. The molecule has 2 heteroatoms. The summed E-state index contributed by atoms with van der Waals surface area (Å²) in [6.07, 6.45) is 1.51. The van der Waals surface area contributed by atoms with E-state index in [-0.39, 0.29) is 5.78 Å². The minimum Gasteiger partial charge on any atom is -0.381 e. The summed E-state index contributed by atoms with van der Waals surface area (Å²) in [4.78, 5) is 13.3. The molecule has 2 nitrogen and oxygen atoms in total. The zero-order valence-corrected chi connectivity index (χ0v) is 12.3. The summed E-state index contributed by atoms with van der Waals surface area (Å²) < 4.78 is 5.51. The highest BCUT2D eigenvalue weighted by Crippen LogP contribution is 2.38. The molecule has 1 fully saturated rings. The molecule has 2 aromatic rings. The Kier molecular flexibility index (Phi) is 3.89. The number of carbonyl (C=O) groups is 1. The zero-order chi connectivity index (χ0) is 14.7. The van der Waals surface area contributed by atoms with E-state index in [4.69, 9.17) is 4.74 Å². The number of Topliss-reactive ketones (excluding diaryl/α,β-unsaturated/α-hetero) is 1. The van der Waals surface area contributed by atoms with E-state index < -0.39 is 5.41 Å². The van der Waals surface area contributed by atoms with Crippen molar-refractivity contribution in [3.63, 3.8) is 0 Å². The van der Waals surface area contributed by atoms with Gasteiger partial charge in [0.1, 0.15) is 0 Å². The molecule has 2 aromatic carbocycles. The van der Waals surface area contributed by atoms with Gasteiger partial charge in [-0.25, -0.2) is 0 Å². The van der Waals surface area contributed by atoms with E-state index in [0.29, 0.717) is 13.2 Å². The number of rotatable bonds is 3. The van der Waals surface area contributed by atoms with Gasteiger partial charge in [0.05, 0.1) is 5.41 Å². The maximum atomic E-state index is 13.3. The summed E-state index contributed by atoms with van der Waals surface area (Å²) in [7, 11) is 0. The lowest BCUT2D eigenvalue weighted by molar-refractivity contribution is 0.0423. The number of ketones is 1. The largest absolute Gasteiger partial charge is 0.381 e. The highest BCUT2D eigenvalue weighted by molar-refractivity contribution is 6.05. The maximum Gasteiger partial charge on any atom is 0.173 e. The van der Waals surface area contributed by atoms with Crippen LogP contribution in [0.1, 0.15) is 34.3 Å². The van der Waals surface area contributed by atoms with Crippen molar-refractivity contribution in [1.82, 2.24) is 0 Å². The van der Waals surface area contributed by atoms with Crippen LogP contribution in [0.5, 0.6) is 0 Å². The lowest BCUT2D eigenvalue weighted by Gasteiger charge is -2.36. The molecule has 3 rings (SSSR count). The van der Waals surface area contributed by atoms with Crippen LogP contribution >= 0.6 is 0 Å². The quantitative estimate of drug-likeness (QED) is 0.796. The minimum absolute atomic E-state index is 0.232. The van der Waals surface area contributed by atoms with Crippen molar-refractivity contribution in [1.29, 1.82) is 0 Å². The number of hydrogen-bond donors (Lipinski definition) is 0. The van der Waals surface area contributed by atoms with Crippen LogP contribution in [0.3, 0.4) is 0 Å². The Morgan fingerprint density at radius 1 is 0.952 bits per heavy atom. The highest BCUT2D eigenvalue weighted by Gasteiger charge is 2.42. The lowest BCUT2D eigenvalue weighted by atomic mass is 9.69. The second-order valence-electron chi connectivity index (χ2n) is 5.70. The van der Waals surface area contributed by atoms with Crippen LogP contribution in [0, 0.1) is 6.92 Å². The lowest BCUT2D eigenvalue weighted by Crippen LogP contribution is -2.41.